The molecule has 51 heteroatoms. The van der Waals surface area contributed by atoms with Gasteiger partial charge in [0, 0.05) is 27.8 Å². The maximum atomic E-state index is 14.2. The number of fused-ring (bicyclic) bond motifs is 5. The van der Waals surface area contributed by atoms with Gasteiger partial charge in [-0.1, -0.05) is 76.3 Å². The molecule has 0 saturated carbocycles. The Bertz CT molecular complexity index is 7620. The Morgan fingerprint density at radius 1 is 0.435 bits per heavy atom. The fraction of sp³-hybridized carbons (Fsp3) is 0.323. The van der Waals surface area contributed by atoms with Crippen molar-refractivity contribution in [2.75, 3.05) is 26.4 Å². The predicted octanol–water partition coefficient (Wildman–Crippen LogP) is 10.00. The summed E-state index contributed by atoms with van der Waals surface area (Å²) in [6, 6.07) is 36.1. The topological polar surface area (TPSA) is 455 Å². The number of nitrogens with zero attached hydrogens (tertiary/aromatic N) is 21. The van der Waals surface area contributed by atoms with Crippen molar-refractivity contribution < 1.29 is 135 Å². The molecule has 762 valence electrons. The minimum absolute atomic E-state index is 0. The van der Waals surface area contributed by atoms with E-state index in [4.69, 9.17) is 37.9 Å². The number of aryl methyl sites for hydroxylation is 3. The van der Waals surface area contributed by atoms with Gasteiger partial charge in [-0.15, -0.1) is 79.9 Å². The summed E-state index contributed by atoms with van der Waals surface area (Å²) in [5.41, 5.74) is 2.20. The van der Waals surface area contributed by atoms with Gasteiger partial charge in [0.2, 0.25) is 5.82 Å². The number of halogens is 10. The minimum atomic E-state index is -1.64. The van der Waals surface area contributed by atoms with Crippen molar-refractivity contribution in [3.05, 3.63) is 291 Å². The second kappa shape index (κ2) is 42.8. The summed E-state index contributed by atoms with van der Waals surface area (Å²) in [6.07, 6.45) is -12.0. The molecule has 37 nitrogen and oxygen atoms in total. The van der Waals surface area contributed by atoms with E-state index in [9.17, 15) is 80.1 Å². The molecule has 0 radical (unpaired) electrons. The number of carbonyl (C=O) groups excluding carboxylic acids is 1. The number of aliphatic hydroxyl groups is 7. The Balaban J connectivity index is 0.000000150. The zero-order chi connectivity index (χ0) is 101. The molecule has 0 aliphatic carbocycles. The van der Waals surface area contributed by atoms with Crippen molar-refractivity contribution in [1.82, 2.24) is 104 Å². The first-order valence-corrected chi connectivity index (χ1v) is 47.2. The Labute approximate surface area is 866 Å². The van der Waals surface area contributed by atoms with Crippen LogP contribution in [0.15, 0.2) is 170 Å². The molecule has 9 aromatic heterocycles. The first kappa shape index (κ1) is 106. The second-order valence-corrected chi connectivity index (χ2v) is 39.1. The quantitative estimate of drug-likeness (QED) is 0.0130. The molecule has 147 heavy (non-hydrogen) atoms. The molecular weight excluding hydrogens is 2070 g/mol. The van der Waals surface area contributed by atoms with Gasteiger partial charge >= 0.3 is 29.0 Å². The molecular formula is C96H87BrF9MgN21O16S3. The van der Waals surface area contributed by atoms with E-state index in [1.165, 1.54) is 84.9 Å². The van der Waals surface area contributed by atoms with Gasteiger partial charge in [0.1, 0.15) is 120 Å². The van der Waals surface area contributed by atoms with Crippen LogP contribution in [0.1, 0.15) is 150 Å². The summed E-state index contributed by atoms with van der Waals surface area (Å²) in [5.74, 6) is -13.5. The number of rotatable bonds is 19. The Hall–Kier alpha value is -12.2. The van der Waals surface area contributed by atoms with Gasteiger partial charge in [0.25, 0.3) is 0 Å². The number of hydrogen-bond donors (Lipinski definition) is 7. The van der Waals surface area contributed by atoms with Crippen molar-refractivity contribution in [3.63, 3.8) is 0 Å². The van der Waals surface area contributed by atoms with Crippen LogP contribution in [0.2, 0.25) is 0 Å². The molecule has 22 rings (SSSR count). The fourth-order valence-corrected chi connectivity index (χ4v) is 20.6. The summed E-state index contributed by atoms with van der Waals surface area (Å²) in [4.78, 5) is 26.7. The number of benzene rings is 8. The predicted molar refractivity (Wildman–Crippen MR) is 504 cm³/mol. The molecule has 8 aromatic carbocycles. The van der Waals surface area contributed by atoms with Crippen LogP contribution in [0, 0.1) is 80.6 Å². The monoisotopic (exact) mass is 2160 g/mol. The fourth-order valence-electron chi connectivity index (χ4n) is 18.1. The molecule has 14 heterocycles. The maximum absolute atomic E-state index is 14.2. The van der Waals surface area contributed by atoms with E-state index in [-0.39, 0.29) is 136 Å². The van der Waals surface area contributed by atoms with Crippen molar-refractivity contribution >= 4 is 93.7 Å². The average Bonchev–Trinajstić information content (AvgIpc) is 1.22. The third-order valence-electron chi connectivity index (χ3n) is 24.7. The Kier molecular flexibility index (Phi) is 30.9. The Morgan fingerprint density at radius 2 is 0.769 bits per heavy atom. The van der Waals surface area contributed by atoms with E-state index >= 15 is 0 Å². The molecule has 5 aliphatic rings. The minimum Gasteiger partial charge on any atom is -1.00 e. The molecule has 5 aliphatic heterocycles. The van der Waals surface area contributed by atoms with Crippen LogP contribution < -0.4 is 17.0 Å². The van der Waals surface area contributed by atoms with Crippen LogP contribution in [0.3, 0.4) is 0 Å². The number of thiazole rings is 3. The van der Waals surface area contributed by atoms with Crippen LogP contribution in [0.25, 0.3) is 81.5 Å². The standard InChI is InChI=1S/C34H28F3N7O6S.C34H30F3N7O5S.C27H26F3N7O5S.CH3.BrH.Mg/c1-3-47-33(46)32-41-40-31(44(32)19-9-10-22-25(13-19)51-16(2)38-22)30-28(45)27(29-24(49-30)15-48-34(50-29)17-7-5-4-6-8-17)43-14-23(39-42-43)18-11-20(35)26(37)21(36)12-18;1-16-38-22-10-9-19(13-25(22)50-16)44-31(40-41-33(44)34(2,3)46)30-28(45)27(29-24(48-30)15-47-32(49-29)17-7-5-4-6-8-17)43-14-23(39-42-43)18-11-20(35)26(37)21(36)12-18;1-11-31-16-5-4-13(8-19(16)43-11)37-25(33-34-26(37)27(2,3)41)24-23(40)21(22(39)18(10-38)42-24)36-9-17(32-35-36)12-6-14(28)20(30)15(29)7-12;;;/h4-14,24,27-30,34,45H,3,15H2,1-2H3;4-14,24,27-30,32,45-46H,15H2,1-3H3;4-9,18,21-24,38-41H,10H2,1-3H3;1H3;1H;/q;;;-1;;+2/p-1/t24-,27-,28-,29+,30-,34+;24-,27-,28-,29+,30-,32+;18-,21+,22+,23-,24-;;;/m111.../s1. The smallest absolute Gasteiger partial charge is 1.00 e. The van der Waals surface area contributed by atoms with E-state index in [2.05, 4.69) is 76.5 Å². The third kappa shape index (κ3) is 20.6. The zero-order valence-electron chi connectivity index (χ0n) is 78.7. The molecule has 7 N–H and O–H groups in total. The van der Waals surface area contributed by atoms with Gasteiger partial charge in [0.05, 0.1) is 108 Å². The van der Waals surface area contributed by atoms with Crippen LogP contribution in [-0.4, -0.2) is 250 Å². The molecule has 0 unspecified atom stereocenters. The van der Waals surface area contributed by atoms with Gasteiger partial charge in [-0.05, 0) is 146 Å². The van der Waals surface area contributed by atoms with Crippen LogP contribution >= 0.6 is 34.0 Å². The van der Waals surface area contributed by atoms with Crippen molar-refractivity contribution in [1.29, 1.82) is 0 Å². The molecule has 0 bridgehead atoms. The molecule has 0 spiro atoms. The normalized spacial score (nSPS) is 23.0. The van der Waals surface area contributed by atoms with Gasteiger partial charge in [-0.25, -0.2) is 73.3 Å². The summed E-state index contributed by atoms with van der Waals surface area (Å²) in [6.45, 7) is 13.0. The maximum Gasteiger partial charge on any atom is 2.00 e. The zero-order valence-corrected chi connectivity index (χ0v) is 84.2. The first-order chi connectivity index (χ1) is 69.0. The third-order valence-corrected chi connectivity index (χ3v) is 27.5. The summed E-state index contributed by atoms with van der Waals surface area (Å²) in [7, 11) is 0. The molecule has 0 amide bonds. The van der Waals surface area contributed by atoms with Gasteiger partial charge in [0.15, 0.2) is 94.1 Å². The summed E-state index contributed by atoms with van der Waals surface area (Å²) in [5, 5.41) is 132. The van der Waals surface area contributed by atoms with Crippen LogP contribution in [0.4, 0.5) is 39.5 Å². The van der Waals surface area contributed by atoms with Gasteiger partial charge < -0.3 is 98.0 Å². The molecule has 17 atom stereocenters. The summed E-state index contributed by atoms with van der Waals surface area (Å²) < 4.78 is 186. The van der Waals surface area contributed by atoms with E-state index in [0.29, 0.717) is 17.1 Å². The number of aromatic nitrogens is 21. The van der Waals surface area contributed by atoms with E-state index in [0.717, 1.165) is 97.9 Å². The average molecular weight is 2160 g/mol. The number of ether oxygens (including phenoxy) is 8. The van der Waals surface area contributed by atoms with Crippen molar-refractivity contribution in [2.45, 2.75) is 171 Å². The Morgan fingerprint density at radius 3 is 1.12 bits per heavy atom. The largest absolute Gasteiger partial charge is 2.00 e. The molecule has 5 fully saturated rings. The second-order valence-electron chi connectivity index (χ2n) is 35.4. The molecule has 5 saturated heterocycles. The van der Waals surface area contributed by atoms with E-state index in [1.54, 1.807) is 49.6 Å². The number of aliphatic hydroxyl groups excluding tert-OH is 5. The van der Waals surface area contributed by atoms with Gasteiger partial charge in [-0.2, -0.15) is 0 Å². The molecule has 17 aromatic rings. The first-order valence-electron chi connectivity index (χ1n) is 44.8. The van der Waals surface area contributed by atoms with E-state index in [1.807, 2.05) is 112 Å². The van der Waals surface area contributed by atoms with Crippen molar-refractivity contribution in [2.24, 2.45) is 0 Å². The van der Waals surface area contributed by atoms with Crippen LogP contribution in [-0.2, 0) is 49.1 Å². The van der Waals surface area contributed by atoms with E-state index < -0.39 is 180 Å². The number of carbonyl (C=O) groups is 1. The van der Waals surface area contributed by atoms with Crippen molar-refractivity contribution in [3.8, 4) is 50.8 Å². The number of esters is 1. The number of hydrogen-bond acceptors (Lipinski definition) is 34. The SMILES string of the molecule is CCOC(=O)c1nnc([C@@H]2O[C@@H]3CO[C@H](c4ccccc4)O[C@@H]3[C@H](n3cc(-c4cc(F)c(F)c(F)c4)nn3)[C@H]2O)n1-c1ccc2nc(C)sc2c1.Cc1nc2ccc(-n3c([C@@H]4O[C@@H]5CO[C@H](c6ccccc6)O[C@@H]5[C@H](n5cc(-c6cc(F)c(F)c(F)c6)nn5)[C@H]4O)nnc3C(C)(C)O)cc2s1.Cc1nc2ccc(-n3c([C@@H]4O[C@H](CO)[C@H](O)[C@H](n5cc(-c6cc(F)c(F)c(F)c6)nn5)[C@H]4O)nnc3C(C)(C)O)cc2s1.[Br-].[CH3-].[Mg+2]. The van der Waals surface area contributed by atoms with Gasteiger partial charge in [-0.3, -0.25) is 13.7 Å². The van der Waals surface area contributed by atoms with Crippen LogP contribution in [0.5, 0.6) is 0 Å². The summed E-state index contributed by atoms with van der Waals surface area (Å²) >= 11 is 4.43.